The van der Waals surface area contributed by atoms with Gasteiger partial charge in [0.25, 0.3) is 5.91 Å². The first kappa shape index (κ1) is 17.7. The lowest BCUT2D eigenvalue weighted by molar-refractivity contribution is 0.102. The number of pyridine rings is 1. The summed E-state index contributed by atoms with van der Waals surface area (Å²) in [4.78, 5) is 17.3. The van der Waals surface area contributed by atoms with Gasteiger partial charge in [0.05, 0.1) is 24.3 Å². The predicted molar refractivity (Wildman–Crippen MR) is 106 cm³/mol. The summed E-state index contributed by atoms with van der Waals surface area (Å²) in [6.07, 6.45) is 3.18. The van der Waals surface area contributed by atoms with Crippen molar-refractivity contribution < 1.29 is 9.53 Å². The van der Waals surface area contributed by atoms with E-state index in [2.05, 4.69) is 20.5 Å². The van der Waals surface area contributed by atoms with Gasteiger partial charge in [0.15, 0.2) is 11.5 Å². The number of methoxy groups -OCH3 is 1. The largest absolute Gasteiger partial charge is 0.494 e. The lowest BCUT2D eigenvalue weighted by Gasteiger charge is -2.07. The number of anilines is 1. The normalized spacial score (nSPS) is 11.0. The molecule has 0 aliphatic carbocycles. The van der Waals surface area contributed by atoms with E-state index in [-0.39, 0.29) is 5.91 Å². The molecule has 0 aliphatic rings. The molecule has 0 radical (unpaired) electrons. The summed E-state index contributed by atoms with van der Waals surface area (Å²) in [5, 5.41) is 12.4. The molecule has 0 bridgehead atoms. The number of hydrogen-bond donors (Lipinski definition) is 1. The Kier molecular flexibility index (Phi) is 4.31. The Hall–Kier alpha value is -3.68. The van der Waals surface area contributed by atoms with Crippen LogP contribution in [0.3, 0.4) is 0 Å². The van der Waals surface area contributed by atoms with Crippen molar-refractivity contribution in [3.8, 4) is 11.4 Å². The first-order chi connectivity index (χ1) is 13.5. The zero-order valence-electron chi connectivity index (χ0n) is 16.1. The third-order valence-corrected chi connectivity index (χ3v) is 4.53. The number of carbonyl (C=O) groups is 1. The molecule has 1 aromatic carbocycles. The van der Waals surface area contributed by atoms with E-state index >= 15 is 0 Å². The minimum Gasteiger partial charge on any atom is -0.494 e. The molecule has 4 aromatic rings. The van der Waals surface area contributed by atoms with Crippen LogP contribution in [0, 0.1) is 13.8 Å². The predicted octanol–water partition coefficient (Wildman–Crippen LogP) is 3.03. The van der Waals surface area contributed by atoms with Crippen molar-refractivity contribution in [1.29, 1.82) is 0 Å². The number of benzene rings is 1. The molecule has 3 aromatic heterocycles. The minimum atomic E-state index is -0.291. The van der Waals surface area contributed by atoms with E-state index in [1.807, 2.05) is 51.2 Å². The fourth-order valence-electron chi connectivity index (χ4n) is 3.25. The number of aryl methyl sites for hydroxylation is 3. The zero-order chi connectivity index (χ0) is 19.8. The van der Waals surface area contributed by atoms with Gasteiger partial charge in [-0.3, -0.25) is 4.79 Å². The van der Waals surface area contributed by atoms with Crippen LogP contribution in [0.5, 0.6) is 5.75 Å². The first-order valence-corrected chi connectivity index (χ1v) is 8.78. The summed E-state index contributed by atoms with van der Waals surface area (Å²) in [6.45, 7) is 3.91. The van der Waals surface area contributed by atoms with Crippen LogP contribution in [0.25, 0.3) is 16.7 Å². The van der Waals surface area contributed by atoms with Crippen molar-refractivity contribution in [3.63, 3.8) is 0 Å². The highest BCUT2D eigenvalue weighted by atomic mass is 16.5. The Labute approximate surface area is 161 Å². The second-order valence-corrected chi connectivity index (χ2v) is 6.55. The number of nitrogens with zero attached hydrogens (tertiary/aromatic N) is 5. The standard InChI is InChI=1S/C20H20N6O2/c1-12-9-13(2)22-19-17(12)18(24-25(19)3)23-20(27)14-10-21-26(11-14)15-7-5-6-8-16(15)28-4/h5-11H,1-4H3,(H,23,24,27). The molecule has 0 aliphatic heterocycles. The Morgan fingerprint density at radius 3 is 2.79 bits per heavy atom. The molecule has 8 heteroatoms. The number of para-hydroxylation sites is 2. The van der Waals surface area contributed by atoms with E-state index in [4.69, 9.17) is 4.74 Å². The maximum absolute atomic E-state index is 12.8. The number of carbonyl (C=O) groups excluding carboxylic acids is 1. The lowest BCUT2D eigenvalue weighted by atomic mass is 10.1. The monoisotopic (exact) mass is 376 g/mol. The Morgan fingerprint density at radius 2 is 2.00 bits per heavy atom. The Balaban J connectivity index is 1.66. The van der Waals surface area contributed by atoms with E-state index in [9.17, 15) is 4.79 Å². The van der Waals surface area contributed by atoms with E-state index in [0.29, 0.717) is 17.1 Å². The molecule has 1 amide bonds. The van der Waals surface area contributed by atoms with Gasteiger partial charge in [0.2, 0.25) is 0 Å². The van der Waals surface area contributed by atoms with E-state index in [1.165, 1.54) is 6.20 Å². The van der Waals surface area contributed by atoms with Gasteiger partial charge in [-0.2, -0.15) is 10.2 Å². The number of ether oxygens (including phenoxy) is 1. The number of nitrogens with one attached hydrogen (secondary N) is 1. The smallest absolute Gasteiger partial charge is 0.260 e. The number of amides is 1. The molecule has 3 heterocycles. The summed E-state index contributed by atoms with van der Waals surface area (Å²) < 4.78 is 8.64. The highest BCUT2D eigenvalue weighted by Crippen LogP contribution is 2.26. The van der Waals surface area contributed by atoms with Gasteiger partial charge in [-0.15, -0.1) is 0 Å². The summed E-state index contributed by atoms with van der Waals surface area (Å²) >= 11 is 0. The summed E-state index contributed by atoms with van der Waals surface area (Å²) in [5.74, 6) is 0.865. The molecule has 0 spiro atoms. The summed E-state index contributed by atoms with van der Waals surface area (Å²) in [6, 6.07) is 9.45. The highest BCUT2D eigenvalue weighted by Gasteiger charge is 2.18. The van der Waals surface area contributed by atoms with Gasteiger partial charge in [-0.25, -0.2) is 14.3 Å². The topological polar surface area (TPSA) is 86.9 Å². The molecule has 0 atom stereocenters. The average molecular weight is 376 g/mol. The lowest BCUT2D eigenvalue weighted by Crippen LogP contribution is -2.12. The van der Waals surface area contributed by atoms with Crippen LogP contribution >= 0.6 is 0 Å². The highest BCUT2D eigenvalue weighted by molar-refractivity contribution is 6.07. The molecule has 0 saturated heterocycles. The van der Waals surface area contributed by atoms with Crippen molar-refractivity contribution in [2.75, 3.05) is 12.4 Å². The van der Waals surface area contributed by atoms with Crippen LogP contribution in [0.2, 0.25) is 0 Å². The molecule has 28 heavy (non-hydrogen) atoms. The quantitative estimate of drug-likeness (QED) is 0.592. The molecule has 142 valence electrons. The van der Waals surface area contributed by atoms with Crippen LogP contribution in [0.15, 0.2) is 42.7 Å². The minimum absolute atomic E-state index is 0.291. The number of hydrogen-bond acceptors (Lipinski definition) is 5. The van der Waals surface area contributed by atoms with Crippen LogP contribution in [0.1, 0.15) is 21.6 Å². The summed E-state index contributed by atoms with van der Waals surface area (Å²) in [5.41, 5.74) is 3.82. The van der Waals surface area contributed by atoms with E-state index in [0.717, 1.165) is 28.0 Å². The van der Waals surface area contributed by atoms with Gasteiger partial charge in [0, 0.05) is 18.9 Å². The maximum Gasteiger partial charge on any atom is 0.260 e. The molecular weight excluding hydrogens is 356 g/mol. The summed E-state index contributed by atoms with van der Waals surface area (Å²) in [7, 11) is 3.41. The van der Waals surface area contributed by atoms with E-state index in [1.54, 1.807) is 22.7 Å². The van der Waals surface area contributed by atoms with Crippen LogP contribution in [-0.4, -0.2) is 37.6 Å². The Bertz CT molecular complexity index is 1190. The third kappa shape index (κ3) is 2.98. The molecule has 0 saturated carbocycles. The first-order valence-electron chi connectivity index (χ1n) is 8.78. The zero-order valence-corrected chi connectivity index (χ0v) is 16.1. The number of fused-ring (bicyclic) bond motifs is 1. The van der Waals surface area contributed by atoms with Gasteiger partial charge < -0.3 is 10.1 Å². The van der Waals surface area contributed by atoms with E-state index < -0.39 is 0 Å². The fraction of sp³-hybridized carbons (Fsp3) is 0.200. The maximum atomic E-state index is 12.8. The van der Waals surface area contributed by atoms with Crippen molar-refractivity contribution in [3.05, 3.63) is 59.5 Å². The molecule has 1 N–H and O–H groups in total. The van der Waals surface area contributed by atoms with Gasteiger partial charge >= 0.3 is 0 Å². The molecule has 0 unspecified atom stereocenters. The van der Waals surface area contributed by atoms with Crippen LogP contribution in [0.4, 0.5) is 5.82 Å². The third-order valence-electron chi connectivity index (χ3n) is 4.53. The van der Waals surface area contributed by atoms with Crippen molar-refractivity contribution in [2.45, 2.75) is 13.8 Å². The van der Waals surface area contributed by atoms with Crippen molar-refractivity contribution >= 4 is 22.8 Å². The average Bonchev–Trinajstić information content (AvgIpc) is 3.27. The number of rotatable bonds is 4. The van der Waals surface area contributed by atoms with Crippen molar-refractivity contribution in [2.24, 2.45) is 7.05 Å². The van der Waals surface area contributed by atoms with Crippen LogP contribution in [-0.2, 0) is 7.05 Å². The van der Waals surface area contributed by atoms with Crippen molar-refractivity contribution in [1.82, 2.24) is 24.5 Å². The Morgan fingerprint density at radius 1 is 1.21 bits per heavy atom. The molecule has 4 rings (SSSR count). The van der Waals surface area contributed by atoms with Gasteiger partial charge in [0.1, 0.15) is 11.4 Å². The van der Waals surface area contributed by atoms with Gasteiger partial charge in [-0.05, 0) is 37.6 Å². The SMILES string of the molecule is COc1ccccc1-n1cc(C(=O)Nc2nn(C)c3nc(C)cc(C)c23)cn1. The molecular formula is C20H20N6O2. The molecule has 0 fully saturated rings. The van der Waals surface area contributed by atoms with Gasteiger partial charge in [-0.1, -0.05) is 12.1 Å². The fourth-order valence-corrected chi connectivity index (χ4v) is 3.25. The van der Waals surface area contributed by atoms with Crippen LogP contribution < -0.4 is 10.1 Å². The number of aromatic nitrogens is 5. The second kappa shape index (κ2) is 6.80. The molecule has 8 nitrogen and oxygen atoms in total. The second-order valence-electron chi connectivity index (χ2n) is 6.55.